The molecule has 6 nitrogen and oxygen atoms in total. The van der Waals surface area contributed by atoms with Crippen molar-refractivity contribution in [3.8, 4) is 0 Å². The van der Waals surface area contributed by atoms with Gasteiger partial charge in [-0.1, -0.05) is 291 Å². The predicted octanol–water partition coefficient (Wildman–Crippen LogP) is 23.2. The summed E-state index contributed by atoms with van der Waals surface area (Å²) in [4.78, 5) is 38.2. The van der Waals surface area contributed by atoms with Crippen molar-refractivity contribution in [3.05, 3.63) is 97.2 Å². The molecule has 0 aromatic rings. The molecule has 0 fully saturated rings. The molecule has 1 unspecified atom stereocenters. The van der Waals surface area contributed by atoms with E-state index in [2.05, 4.69) is 118 Å². The minimum absolute atomic E-state index is 0.0967. The number of rotatable bonds is 61. The molecule has 0 aliphatic carbocycles. The lowest BCUT2D eigenvalue weighted by molar-refractivity contribution is -0.167. The van der Waals surface area contributed by atoms with Crippen molar-refractivity contribution in [2.45, 2.75) is 335 Å². The third-order valence-corrected chi connectivity index (χ3v) is 14.6. The molecule has 454 valence electrons. The lowest BCUT2D eigenvalue weighted by Crippen LogP contribution is -2.30. The van der Waals surface area contributed by atoms with Gasteiger partial charge in [-0.25, -0.2) is 0 Å². The molecule has 0 rings (SSSR count). The van der Waals surface area contributed by atoms with E-state index in [-0.39, 0.29) is 37.5 Å². The van der Waals surface area contributed by atoms with Crippen molar-refractivity contribution in [2.24, 2.45) is 0 Å². The molecule has 1 atom stereocenters. The van der Waals surface area contributed by atoms with E-state index >= 15 is 0 Å². The van der Waals surface area contributed by atoms with Gasteiger partial charge in [-0.3, -0.25) is 14.4 Å². The van der Waals surface area contributed by atoms with Gasteiger partial charge in [0.25, 0.3) is 0 Å². The standard InChI is InChI=1S/C73H126O6/c1-4-7-10-13-16-19-22-25-26-27-28-29-30-31-32-33-34-35-36-37-38-39-40-41-42-43-44-45-46-49-51-54-57-60-63-66-72(75)78-69-70(79-73(76)67-64-61-58-55-52-48-24-21-18-15-12-9-6-3)68-77-71(74)65-62-59-56-53-50-47-23-20-17-14-11-8-5-2/h8-9,11-12,17-18,20-22,25,27-28,47-48,50,52,70H,4-7,10,13-16,19,23-24,26,29-46,49,51,53-69H2,1-3H3/b11-8-,12-9-,20-17-,21-18-,25-22-,28-27-,50-47-,52-48-. The molecule has 0 bridgehead atoms. The largest absolute Gasteiger partial charge is 0.462 e. The first-order valence-corrected chi connectivity index (χ1v) is 33.7. The molecule has 79 heavy (non-hydrogen) atoms. The lowest BCUT2D eigenvalue weighted by Gasteiger charge is -2.18. The summed E-state index contributed by atoms with van der Waals surface area (Å²) >= 11 is 0. The van der Waals surface area contributed by atoms with Crippen LogP contribution in [0, 0.1) is 0 Å². The Bertz CT molecular complexity index is 1540. The molecule has 0 saturated carbocycles. The molecule has 0 aromatic heterocycles. The van der Waals surface area contributed by atoms with Crippen LogP contribution in [0.4, 0.5) is 0 Å². The SMILES string of the molecule is CC/C=C\C/C=C\C/C=C\CCCCCC(=O)OCC(COC(=O)CCCCCCCCCCCCCCCCCCCCCCCCC/C=C\C/C=C\CCCCCCC)OC(=O)CCCCC/C=C\C/C=C\C/C=C\CC. The highest BCUT2D eigenvalue weighted by Crippen LogP contribution is 2.17. The minimum atomic E-state index is -0.804. The van der Waals surface area contributed by atoms with Crippen molar-refractivity contribution < 1.29 is 28.6 Å². The summed E-state index contributed by atoms with van der Waals surface area (Å²) in [6.07, 6.45) is 90.4. The Morgan fingerprint density at radius 2 is 0.494 bits per heavy atom. The molecular weight excluding hydrogens is 973 g/mol. The van der Waals surface area contributed by atoms with Crippen molar-refractivity contribution in [3.63, 3.8) is 0 Å². The predicted molar refractivity (Wildman–Crippen MR) is 344 cm³/mol. The number of allylic oxidation sites excluding steroid dienone is 16. The highest BCUT2D eigenvalue weighted by molar-refractivity contribution is 5.71. The van der Waals surface area contributed by atoms with Crippen LogP contribution >= 0.6 is 0 Å². The van der Waals surface area contributed by atoms with Crippen molar-refractivity contribution in [2.75, 3.05) is 13.2 Å². The smallest absolute Gasteiger partial charge is 0.306 e. The quantitative estimate of drug-likeness (QED) is 0.0261. The molecular formula is C73H126O6. The second kappa shape index (κ2) is 66.8. The molecule has 0 aliphatic rings. The zero-order valence-electron chi connectivity index (χ0n) is 52.1. The highest BCUT2D eigenvalue weighted by atomic mass is 16.6. The van der Waals surface area contributed by atoms with Gasteiger partial charge in [0.2, 0.25) is 0 Å². The normalized spacial score (nSPS) is 12.7. The van der Waals surface area contributed by atoms with E-state index in [0.717, 1.165) is 116 Å². The molecule has 0 N–H and O–H groups in total. The molecule has 6 heteroatoms. The minimum Gasteiger partial charge on any atom is -0.462 e. The van der Waals surface area contributed by atoms with E-state index < -0.39 is 6.10 Å². The Labute approximate surface area is 489 Å². The fraction of sp³-hybridized carbons (Fsp3) is 0.740. The second-order valence-electron chi connectivity index (χ2n) is 22.3. The monoisotopic (exact) mass is 1100 g/mol. The summed E-state index contributed by atoms with van der Waals surface area (Å²) in [6.45, 7) is 6.37. The van der Waals surface area contributed by atoms with Gasteiger partial charge >= 0.3 is 17.9 Å². The van der Waals surface area contributed by atoms with E-state index in [0.29, 0.717) is 12.8 Å². The summed E-state index contributed by atoms with van der Waals surface area (Å²) in [5, 5.41) is 0. The van der Waals surface area contributed by atoms with Crippen LogP contribution in [0.15, 0.2) is 97.2 Å². The van der Waals surface area contributed by atoms with Crippen molar-refractivity contribution in [1.82, 2.24) is 0 Å². The second-order valence-corrected chi connectivity index (χ2v) is 22.3. The average molecular weight is 1100 g/mol. The van der Waals surface area contributed by atoms with E-state index in [1.54, 1.807) is 0 Å². The molecule has 0 heterocycles. The molecule has 0 saturated heterocycles. The maximum Gasteiger partial charge on any atom is 0.306 e. The Morgan fingerprint density at radius 1 is 0.266 bits per heavy atom. The van der Waals surface area contributed by atoms with Crippen LogP contribution in [-0.2, 0) is 28.6 Å². The fourth-order valence-corrected chi connectivity index (χ4v) is 9.56. The number of hydrogen-bond donors (Lipinski definition) is 0. The maximum absolute atomic E-state index is 12.8. The van der Waals surface area contributed by atoms with Crippen LogP contribution < -0.4 is 0 Å². The van der Waals surface area contributed by atoms with Crippen LogP contribution in [0.2, 0.25) is 0 Å². The first kappa shape index (κ1) is 75.3. The molecule has 0 aromatic carbocycles. The maximum atomic E-state index is 12.8. The first-order valence-electron chi connectivity index (χ1n) is 33.7. The topological polar surface area (TPSA) is 78.9 Å². The highest BCUT2D eigenvalue weighted by Gasteiger charge is 2.19. The van der Waals surface area contributed by atoms with Crippen LogP contribution in [0.25, 0.3) is 0 Å². The van der Waals surface area contributed by atoms with E-state index in [1.807, 2.05) is 0 Å². The zero-order chi connectivity index (χ0) is 57.1. The van der Waals surface area contributed by atoms with Crippen LogP contribution in [0.1, 0.15) is 329 Å². The van der Waals surface area contributed by atoms with Crippen LogP contribution in [0.5, 0.6) is 0 Å². The van der Waals surface area contributed by atoms with Gasteiger partial charge in [0, 0.05) is 19.3 Å². The van der Waals surface area contributed by atoms with Gasteiger partial charge in [0.05, 0.1) is 0 Å². The molecule has 0 radical (unpaired) electrons. The number of carbonyl (C=O) groups is 3. The van der Waals surface area contributed by atoms with Crippen molar-refractivity contribution in [1.29, 1.82) is 0 Å². The number of unbranched alkanes of at least 4 members (excludes halogenated alkanes) is 34. The number of hydrogen-bond acceptors (Lipinski definition) is 6. The van der Waals surface area contributed by atoms with Gasteiger partial charge in [-0.2, -0.15) is 0 Å². The lowest BCUT2D eigenvalue weighted by atomic mass is 10.0. The molecule has 0 amide bonds. The fourth-order valence-electron chi connectivity index (χ4n) is 9.56. The Hall–Kier alpha value is -3.67. The van der Waals surface area contributed by atoms with Gasteiger partial charge in [0.1, 0.15) is 13.2 Å². The van der Waals surface area contributed by atoms with Gasteiger partial charge < -0.3 is 14.2 Å². The number of carbonyl (C=O) groups excluding carboxylic acids is 3. The Balaban J connectivity index is 4.07. The Morgan fingerprint density at radius 3 is 0.785 bits per heavy atom. The zero-order valence-corrected chi connectivity index (χ0v) is 52.1. The summed E-state index contributed by atoms with van der Waals surface area (Å²) in [6, 6.07) is 0. The summed E-state index contributed by atoms with van der Waals surface area (Å²) < 4.78 is 16.8. The number of esters is 3. The average Bonchev–Trinajstić information content (AvgIpc) is 3.45. The van der Waals surface area contributed by atoms with E-state index in [1.165, 1.54) is 173 Å². The van der Waals surface area contributed by atoms with Gasteiger partial charge in [0.15, 0.2) is 6.10 Å². The Kier molecular flexibility index (Phi) is 63.7. The number of ether oxygens (including phenoxy) is 3. The van der Waals surface area contributed by atoms with E-state index in [9.17, 15) is 14.4 Å². The van der Waals surface area contributed by atoms with Crippen LogP contribution in [0.3, 0.4) is 0 Å². The summed E-state index contributed by atoms with van der Waals surface area (Å²) in [5.41, 5.74) is 0. The first-order chi connectivity index (χ1) is 39.0. The van der Waals surface area contributed by atoms with Crippen molar-refractivity contribution >= 4 is 17.9 Å². The van der Waals surface area contributed by atoms with Crippen LogP contribution in [-0.4, -0.2) is 37.2 Å². The third-order valence-electron chi connectivity index (χ3n) is 14.6. The van der Waals surface area contributed by atoms with Gasteiger partial charge in [-0.05, 0) is 116 Å². The molecule has 0 aliphatic heterocycles. The third kappa shape index (κ3) is 65.0. The van der Waals surface area contributed by atoms with Gasteiger partial charge in [-0.15, -0.1) is 0 Å². The molecule has 0 spiro atoms. The summed E-state index contributed by atoms with van der Waals surface area (Å²) in [7, 11) is 0. The van der Waals surface area contributed by atoms with E-state index in [4.69, 9.17) is 14.2 Å². The summed E-state index contributed by atoms with van der Waals surface area (Å²) in [5.74, 6) is -0.949.